The molecule has 6 atom stereocenters. The molecule has 0 aliphatic heterocycles. The maximum absolute atomic E-state index is 14.3. The zero-order valence-electron chi connectivity index (χ0n) is 26.2. The Morgan fingerprint density at radius 1 is 0.792 bits per heavy atom. The van der Waals surface area contributed by atoms with Crippen LogP contribution in [0.15, 0.2) is 47.7 Å². The van der Waals surface area contributed by atoms with Gasteiger partial charge in [0.25, 0.3) is 0 Å². The third-order valence-corrected chi connectivity index (χ3v) is 9.72. The first-order chi connectivity index (χ1) is 22.6. The Balaban J connectivity index is 2.05. The molecule has 11 nitrogen and oxygen atoms in total. The van der Waals surface area contributed by atoms with Crippen LogP contribution in [0, 0.1) is 29.6 Å². The monoisotopic (exact) mass is 742 g/mol. The molecule has 2 bridgehead atoms. The van der Waals surface area contributed by atoms with Crippen molar-refractivity contribution in [3.63, 3.8) is 0 Å². The minimum absolute atomic E-state index is 0.0203. The zero-order valence-corrected chi connectivity index (χ0v) is 29.2. The lowest BCUT2D eigenvalue weighted by molar-refractivity contribution is -0.212. The average molecular weight is 744 g/mol. The summed E-state index contributed by atoms with van der Waals surface area (Å²) in [7, 11) is 4.12. The smallest absolute Gasteiger partial charge is 0.343 e. The van der Waals surface area contributed by atoms with Gasteiger partial charge in [0, 0.05) is 26.5 Å². The predicted octanol–water partition coefficient (Wildman–Crippen LogP) is 5.58. The lowest BCUT2D eigenvalue weighted by Gasteiger charge is -2.55. The fourth-order valence-corrected chi connectivity index (χ4v) is 7.61. The molecule has 1 N–H and O–H groups in total. The van der Waals surface area contributed by atoms with Gasteiger partial charge >= 0.3 is 29.8 Å². The molecule has 2 aromatic carbocycles. The number of methoxy groups -OCH3 is 4. The molecule has 2 aliphatic rings. The van der Waals surface area contributed by atoms with Crippen molar-refractivity contribution >= 4 is 87.9 Å². The molecule has 1 unspecified atom stereocenters. The van der Waals surface area contributed by atoms with E-state index in [1.165, 1.54) is 42.5 Å². The third kappa shape index (κ3) is 6.66. The lowest BCUT2D eigenvalue weighted by atomic mass is 9.50. The van der Waals surface area contributed by atoms with Gasteiger partial charge in [-0.15, -0.1) is 0 Å². The largest absolute Gasteiger partial charge is 0.469 e. The van der Waals surface area contributed by atoms with Crippen LogP contribution in [0.25, 0.3) is 11.6 Å². The van der Waals surface area contributed by atoms with E-state index in [0.29, 0.717) is 10.6 Å². The van der Waals surface area contributed by atoms with Crippen molar-refractivity contribution in [3.8, 4) is 0 Å². The zero-order chi connectivity index (χ0) is 35.7. The van der Waals surface area contributed by atoms with Crippen molar-refractivity contribution in [1.29, 1.82) is 0 Å². The number of rotatable bonds is 8. The van der Waals surface area contributed by atoms with Crippen molar-refractivity contribution in [3.05, 3.63) is 78.9 Å². The van der Waals surface area contributed by atoms with E-state index < -0.39 is 76.4 Å². The SMILES string of the molecule is COC(=O)C1=C(OC(=O)/C(=C/c2ccc(Cl)cc2Cl)c2ccc(Cl)cc2Cl)C(C(=O)OC)[C@@]2(O)[C@@H](C(=O)OC)[C@H](C)C[C@@H]1[C@@H]2C(=O)OC. The number of hydrogen-bond donors (Lipinski definition) is 1. The number of carbonyl (C=O) groups is 5. The Bertz CT molecular complexity index is 1740. The van der Waals surface area contributed by atoms with Crippen molar-refractivity contribution in [1.82, 2.24) is 0 Å². The second-order valence-electron chi connectivity index (χ2n) is 11.2. The van der Waals surface area contributed by atoms with E-state index in [1.54, 1.807) is 6.92 Å². The Hall–Kier alpha value is -3.61. The van der Waals surface area contributed by atoms with Gasteiger partial charge < -0.3 is 28.8 Å². The summed E-state index contributed by atoms with van der Waals surface area (Å²) < 4.78 is 25.9. The molecule has 2 aliphatic carbocycles. The highest BCUT2D eigenvalue weighted by atomic mass is 35.5. The van der Waals surface area contributed by atoms with E-state index in [9.17, 15) is 29.1 Å². The molecule has 48 heavy (non-hydrogen) atoms. The molecule has 0 heterocycles. The predicted molar refractivity (Wildman–Crippen MR) is 175 cm³/mol. The molecule has 1 fully saturated rings. The minimum Gasteiger partial charge on any atom is -0.469 e. The molecule has 0 aromatic heterocycles. The Kier molecular flexibility index (Phi) is 11.5. The molecular formula is C33H30Cl4O11. The van der Waals surface area contributed by atoms with E-state index >= 15 is 0 Å². The Morgan fingerprint density at radius 3 is 1.90 bits per heavy atom. The molecule has 2 aromatic rings. The van der Waals surface area contributed by atoms with Crippen LogP contribution in [0.2, 0.25) is 20.1 Å². The van der Waals surface area contributed by atoms with Gasteiger partial charge in [0.05, 0.1) is 56.4 Å². The first-order valence-corrected chi connectivity index (χ1v) is 15.8. The summed E-state index contributed by atoms with van der Waals surface area (Å²) >= 11 is 25.1. The van der Waals surface area contributed by atoms with Gasteiger partial charge in [-0.05, 0) is 48.2 Å². The maximum Gasteiger partial charge on any atom is 0.343 e. The van der Waals surface area contributed by atoms with E-state index in [2.05, 4.69) is 0 Å². The van der Waals surface area contributed by atoms with E-state index in [4.69, 9.17) is 70.1 Å². The highest BCUT2D eigenvalue weighted by molar-refractivity contribution is 6.39. The molecule has 1 saturated carbocycles. The first-order valence-electron chi connectivity index (χ1n) is 14.3. The van der Waals surface area contributed by atoms with Gasteiger partial charge in [-0.25, -0.2) is 9.59 Å². The van der Waals surface area contributed by atoms with Crippen molar-refractivity contribution < 1.29 is 52.8 Å². The molecule has 0 radical (unpaired) electrons. The van der Waals surface area contributed by atoms with Crippen LogP contribution in [-0.2, 0) is 47.7 Å². The number of esters is 5. The Labute approximate surface area is 295 Å². The van der Waals surface area contributed by atoms with Crippen LogP contribution >= 0.6 is 46.4 Å². The fourth-order valence-electron chi connectivity index (χ4n) is 6.64. The second kappa shape index (κ2) is 14.9. The van der Waals surface area contributed by atoms with Crippen LogP contribution in [0.3, 0.4) is 0 Å². The van der Waals surface area contributed by atoms with Gasteiger partial charge in [-0.2, -0.15) is 0 Å². The topological polar surface area (TPSA) is 152 Å². The van der Waals surface area contributed by atoms with Gasteiger partial charge in [-0.1, -0.05) is 65.5 Å². The molecule has 4 rings (SSSR count). The molecular weight excluding hydrogens is 714 g/mol. The lowest BCUT2D eigenvalue weighted by Crippen LogP contribution is -2.68. The van der Waals surface area contributed by atoms with Crippen LogP contribution in [0.5, 0.6) is 0 Å². The molecule has 0 spiro atoms. The van der Waals surface area contributed by atoms with Gasteiger partial charge in [0.15, 0.2) is 0 Å². The Morgan fingerprint density at radius 2 is 1.35 bits per heavy atom. The van der Waals surface area contributed by atoms with Gasteiger partial charge in [0.1, 0.15) is 17.3 Å². The summed E-state index contributed by atoms with van der Waals surface area (Å²) in [5.41, 5.74) is -2.91. The molecule has 0 saturated heterocycles. The average Bonchev–Trinajstić information content (AvgIpc) is 3.03. The van der Waals surface area contributed by atoms with Crippen LogP contribution < -0.4 is 0 Å². The number of hydrogen-bond acceptors (Lipinski definition) is 11. The molecule has 256 valence electrons. The van der Waals surface area contributed by atoms with Gasteiger partial charge in [0.2, 0.25) is 0 Å². The van der Waals surface area contributed by atoms with Crippen molar-refractivity contribution in [2.24, 2.45) is 29.6 Å². The number of carbonyl (C=O) groups excluding carboxylic acids is 5. The number of fused-ring (bicyclic) bond motifs is 2. The maximum atomic E-state index is 14.3. The van der Waals surface area contributed by atoms with Crippen molar-refractivity contribution in [2.45, 2.75) is 18.9 Å². The van der Waals surface area contributed by atoms with E-state index in [-0.39, 0.29) is 32.6 Å². The summed E-state index contributed by atoms with van der Waals surface area (Å²) in [4.78, 5) is 68.2. The quantitative estimate of drug-likeness (QED) is 0.156. The number of aliphatic hydroxyl groups is 1. The summed E-state index contributed by atoms with van der Waals surface area (Å²) in [5, 5.41) is 13.3. The molecule has 0 amide bonds. The number of ether oxygens (including phenoxy) is 5. The third-order valence-electron chi connectivity index (χ3n) is 8.61. The summed E-state index contributed by atoms with van der Waals surface area (Å²) in [6.07, 6.45) is 1.24. The summed E-state index contributed by atoms with van der Waals surface area (Å²) in [6, 6.07) is 8.74. The highest BCUT2D eigenvalue weighted by Crippen LogP contribution is 2.58. The standard InChI is InChI=1S/C33H30Cl4O11/c1-14-10-20-23(29(39)44-2)27(26(32(42)47-5)33(43,24(14)30(40)45-3)25(20)31(41)46-4)48-28(38)19(18-9-8-17(35)13-22(18)37)11-15-6-7-16(34)12-21(15)36/h6-9,11-14,20,24-26,43H,10H2,1-5H3/b19-11+/t14-,20+,24-,25-,26?,33-/m1/s1. The van der Waals surface area contributed by atoms with Crippen LogP contribution in [0.4, 0.5) is 0 Å². The normalized spacial score (nSPS) is 25.1. The van der Waals surface area contributed by atoms with E-state index in [1.807, 2.05) is 0 Å². The molecule has 15 heteroatoms. The summed E-state index contributed by atoms with van der Waals surface area (Å²) in [5.74, 6) is -13.6. The fraction of sp³-hybridized carbons (Fsp3) is 0.364. The van der Waals surface area contributed by atoms with E-state index in [0.717, 1.165) is 28.4 Å². The number of halogens is 4. The number of benzene rings is 2. The first kappa shape index (κ1) is 37.2. The summed E-state index contributed by atoms with van der Waals surface area (Å²) in [6.45, 7) is 1.58. The highest BCUT2D eigenvalue weighted by Gasteiger charge is 2.71. The minimum atomic E-state index is -2.68. The van der Waals surface area contributed by atoms with Crippen molar-refractivity contribution in [2.75, 3.05) is 28.4 Å². The second-order valence-corrected chi connectivity index (χ2v) is 12.9. The van der Waals surface area contributed by atoms with Gasteiger partial charge in [-0.3, -0.25) is 14.4 Å². The van der Waals surface area contributed by atoms with Crippen LogP contribution in [-0.4, -0.2) is 69.0 Å². The van der Waals surface area contributed by atoms with Crippen LogP contribution in [0.1, 0.15) is 24.5 Å².